The second-order valence-corrected chi connectivity index (χ2v) is 6.47. The number of carbonyl (C=O) groups excluding carboxylic acids is 1. The monoisotopic (exact) mass is 324 g/mol. The molecule has 0 unspecified atom stereocenters. The van der Waals surface area contributed by atoms with Crippen molar-refractivity contribution >= 4 is 22.7 Å². The molecule has 0 atom stereocenters. The summed E-state index contributed by atoms with van der Waals surface area (Å²) in [7, 11) is 1.89. The van der Waals surface area contributed by atoms with Crippen LogP contribution in [0.25, 0.3) is 11.1 Å². The van der Waals surface area contributed by atoms with Crippen LogP contribution in [0.1, 0.15) is 42.3 Å². The number of aryl methyl sites for hydroxylation is 3. The van der Waals surface area contributed by atoms with Gasteiger partial charge in [0.2, 0.25) is 5.91 Å². The topological polar surface area (TPSA) is 73.0 Å². The zero-order chi connectivity index (χ0) is 16.7. The Morgan fingerprint density at radius 1 is 1.42 bits per heavy atom. The van der Waals surface area contributed by atoms with E-state index in [4.69, 9.17) is 4.42 Å². The molecule has 1 aromatic carbocycles. The lowest BCUT2D eigenvalue weighted by atomic mass is 10.1. The molecule has 1 amide bonds. The molecular weight excluding hydrogens is 304 g/mol. The minimum atomic E-state index is -0.0106. The maximum atomic E-state index is 12.2. The Morgan fingerprint density at radius 3 is 2.96 bits per heavy atom. The summed E-state index contributed by atoms with van der Waals surface area (Å²) >= 11 is 0. The van der Waals surface area contributed by atoms with Gasteiger partial charge in [-0.3, -0.25) is 9.48 Å². The van der Waals surface area contributed by atoms with E-state index in [2.05, 4.69) is 15.4 Å². The van der Waals surface area contributed by atoms with E-state index in [1.54, 1.807) is 4.68 Å². The Balaban J connectivity index is 1.41. The van der Waals surface area contributed by atoms with Crippen molar-refractivity contribution in [1.29, 1.82) is 0 Å². The standard InChI is InChI=1S/C18H20N4O2/c1-11-13(10-22(2)21-11)5-8-17(23)19-14-6-7-16-15(9-14)20-18(24-16)12-3-4-12/h6-7,9-10,12H,3-5,8H2,1-2H3,(H,19,23). The Kier molecular flexibility index (Phi) is 3.59. The Morgan fingerprint density at radius 2 is 2.25 bits per heavy atom. The lowest BCUT2D eigenvalue weighted by Gasteiger charge is -2.04. The number of aromatic nitrogens is 3. The van der Waals surface area contributed by atoms with Crippen molar-refractivity contribution in [2.24, 2.45) is 7.05 Å². The van der Waals surface area contributed by atoms with E-state index in [0.29, 0.717) is 18.8 Å². The van der Waals surface area contributed by atoms with Crippen molar-refractivity contribution in [2.45, 2.75) is 38.5 Å². The lowest BCUT2D eigenvalue weighted by molar-refractivity contribution is -0.116. The summed E-state index contributed by atoms with van der Waals surface area (Å²) in [5, 5.41) is 7.23. The van der Waals surface area contributed by atoms with Crippen molar-refractivity contribution in [2.75, 3.05) is 5.32 Å². The molecule has 0 spiro atoms. The number of rotatable bonds is 5. The van der Waals surface area contributed by atoms with Gasteiger partial charge in [-0.2, -0.15) is 5.10 Å². The van der Waals surface area contributed by atoms with Crippen molar-refractivity contribution < 1.29 is 9.21 Å². The van der Waals surface area contributed by atoms with Crippen LogP contribution >= 0.6 is 0 Å². The molecule has 1 N–H and O–H groups in total. The predicted molar refractivity (Wildman–Crippen MR) is 90.9 cm³/mol. The molecule has 3 aromatic rings. The van der Waals surface area contributed by atoms with Crippen LogP contribution in [0.2, 0.25) is 0 Å². The zero-order valence-corrected chi connectivity index (χ0v) is 13.9. The molecule has 6 heteroatoms. The van der Waals surface area contributed by atoms with Crippen LogP contribution in [0.3, 0.4) is 0 Å². The minimum Gasteiger partial charge on any atom is -0.440 e. The summed E-state index contributed by atoms with van der Waals surface area (Å²) in [5.41, 5.74) is 4.42. The number of fused-ring (bicyclic) bond motifs is 1. The van der Waals surface area contributed by atoms with E-state index in [1.165, 1.54) is 0 Å². The molecule has 24 heavy (non-hydrogen) atoms. The molecular formula is C18H20N4O2. The van der Waals surface area contributed by atoms with E-state index < -0.39 is 0 Å². The van der Waals surface area contributed by atoms with Crippen LogP contribution in [0.4, 0.5) is 5.69 Å². The number of hydrogen-bond donors (Lipinski definition) is 1. The zero-order valence-electron chi connectivity index (χ0n) is 13.9. The van der Waals surface area contributed by atoms with Crippen LogP contribution in [0.15, 0.2) is 28.8 Å². The van der Waals surface area contributed by atoms with Gasteiger partial charge in [-0.05, 0) is 49.9 Å². The summed E-state index contributed by atoms with van der Waals surface area (Å²) in [4.78, 5) is 16.7. The molecule has 0 saturated heterocycles. The number of anilines is 1. The normalized spacial score (nSPS) is 14.2. The van der Waals surface area contributed by atoms with Crippen molar-refractivity contribution in [3.05, 3.63) is 41.5 Å². The molecule has 1 saturated carbocycles. The number of nitrogens with one attached hydrogen (secondary N) is 1. The van der Waals surface area contributed by atoms with E-state index in [-0.39, 0.29) is 5.91 Å². The summed E-state index contributed by atoms with van der Waals surface area (Å²) in [6, 6.07) is 5.60. The molecule has 2 heterocycles. The van der Waals surface area contributed by atoms with Crippen molar-refractivity contribution in [1.82, 2.24) is 14.8 Å². The highest BCUT2D eigenvalue weighted by Gasteiger charge is 2.28. The highest BCUT2D eigenvalue weighted by Crippen LogP contribution is 2.40. The predicted octanol–water partition coefficient (Wildman–Crippen LogP) is 3.32. The van der Waals surface area contributed by atoms with E-state index >= 15 is 0 Å². The third-order valence-corrected chi connectivity index (χ3v) is 4.35. The summed E-state index contributed by atoms with van der Waals surface area (Å²) in [5.74, 6) is 1.29. The van der Waals surface area contributed by atoms with Gasteiger partial charge in [0.25, 0.3) is 0 Å². The number of hydrogen-bond acceptors (Lipinski definition) is 4. The molecule has 4 rings (SSSR count). The van der Waals surface area contributed by atoms with Crippen LogP contribution in [0, 0.1) is 6.92 Å². The van der Waals surface area contributed by atoms with Crippen LogP contribution in [-0.4, -0.2) is 20.7 Å². The quantitative estimate of drug-likeness (QED) is 0.781. The van der Waals surface area contributed by atoms with Gasteiger partial charge in [0.1, 0.15) is 5.52 Å². The number of oxazole rings is 1. The number of amides is 1. The fourth-order valence-corrected chi connectivity index (χ4v) is 2.89. The number of carbonyl (C=O) groups is 1. The molecule has 124 valence electrons. The van der Waals surface area contributed by atoms with Gasteiger partial charge in [0.05, 0.1) is 5.69 Å². The average Bonchev–Trinajstić information content (AvgIpc) is 3.22. The van der Waals surface area contributed by atoms with Gasteiger partial charge in [0.15, 0.2) is 11.5 Å². The molecule has 0 aliphatic heterocycles. The highest BCUT2D eigenvalue weighted by atomic mass is 16.3. The first-order valence-corrected chi connectivity index (χ1v) is 8.28. The Labute approximate surface area is 139 Å². The Hall–Kier alpha value is -2.63. The first-order valence-electron chi connectivity index (χ1n) is 8.28. The maximum Gasteiger partial charge on any atom is 0.224 e. The second kappa shape index (κ2) is 5.78. The number of nitrogens with zero attached hydrogens (tertiary/aromatic N) is 3. The highest BCUT2D eigenvalue weighted by molar-refractivity contribution is 5.92. The summed E-state index contributed by atoms with van der Waals surface area (Å²) < 4.78 is 7.52. The fourth-order valence-electron chi connectivity index (χ4n) is 2.89. The summed E-state index contributed by atoms with van der Waals surface area (Å²) in [6.07, 6.45) is 5.39. The smallest absolute Gasteiger partial charge is 0.224 e. The molecule has 1 fully saturated rings. The van der Waals surface area contributed by atoms with Crippen LogP contribution < -0.4 is 5.32 Å². The first-order chi connectivity index (χ1) is 11.6. The minimum absolute atomic E-state index is 0.0106. The lowest BCUT2D eigenvalue weighted by Crippen LogP contribution is -2.12. The average molecular weight is 324 g/mol. The third-order valence-electron chi connectivity index (χ3n) is 4.35. The van der Waals surface area contributed by atoms with Crippen molar-refractivity contribution in [3.63, 3.8) is 0 Å². The summed E-state index contributed by atoms with van der Waals surface area (Å²) in [6.45, 7) is 1.96. The van der Waals surface area contributed by atoms with Gasteiger partial charge in [-0.25, -0.2) is 4.98 Å². The number of benzene rings is 1. The van der Waals surface area contributed by atoms with Gasteiger partial charge < -0.3 is 9.73 Å². The van der Waals surface area contributed by atoms with Gasteiger partial charge in [0, 0.05) is 31.3 Å². The van der Waals surface area contributed by atoms with Crippen molar-refractivity contribution in [3.8, 4) is 0 Å². The molecule has 6 nitrogen and oxygen atoms in total. The molecule has 0 radical (unpaired) electrons. The van der Waals surface area contributed by atoms with Gasteiger partial charge in [-0.1, -0.05) is 0 Å². The third kappa shape index (κ3) is 3.04. The maximum absolute atomic E-state index is 12.2. The van der Waals surface area contributed by atoms with E-state index in [1.807, 2.05) is 38.4 Å². The second-order valence-electron chi connectivity index (χ2n) is 6.47. The van der Waals surface area contributed by atoms with Gasteiger partial charge >= 0.3 is 0 Å². The van der Waals surface area contributed by atoms with Gasteiger partial charge in [-0.15, -0.1) is 0 Å². The molecule has 1 aliphatic carbocycles. The van der Waals surface area contributed by atoms with Crippen LogP contribution in [-0.2, 0) is 18.3 Å². The molecule has 1 aliphatic rings. The molecule has 0 bridgehead atoms. The SMILES string of the molecule is Cc1nn(C)cc1CCC(=O)Nc1ccc2oc(C3CC3)nc2c1. The van der Waals surface area contributed by atoms with E-state index in [9.17, 15) is 4.79 Å². The largest absolute Gasteiger partial charge is 0.440 e. The fraction of sp³-hybridized carbons (Fsp3) is 0.389. The molecule has 2 aromatic heterocycles. The van der Waals surface area contributed by atoms with Crippen LogP contribution in [0.5, 0.6) is 0 Å². The Bertz CT molecular complexity index is 905. The van der Waals surface area contributed by atoms with E-state index in [0.717, 1.165) is 46.8 Å². The first kappa shape index (κ1) is 14.9.